The van der Waals surface area contributed by atoms with Gasteiger partial charge in [-0.15, -0.1) is 0 Å². The topological polar surface area (TPSA) is 46.6 Å². The van der Waals surface area contributed by atoms with Crippen molar-refractivity contribution in [1.29, 1.82) is 0 Å². The van der Waals surface area contributed by atoms with Crippen molar-refractivity contribution in [2.24, 2.45) is 5.92 Å². The first-order valence-electron chi connectivity index (χ1n) is 6.82. The third-order valence-electron chi connectivity index (χ3n) is 3.57. The number of ether oxygens (including phenoxy) is 1. The van der Waals surface area contributed by atoms with Gasteiger partial charge in [0.15, 0.2) is 0 Å². The number of hydrogen-bond acceptors (Lipinski definition) is 4. The highest BCUT2D eigenvalue weighted by atomic mass is 35.5. The third kappa shape index (κ3) is 3.71. The van der Waals surface area contributed by atoms with Gasteiger partial charge in [-0.25, -0.2) is 9.69 Å². The molecule has 1 aliphatic heterocycles. The van der Waals surface area contributed by atoms with Crippen LogP contribution in [0.2, 0.25) is 5.02 Å². The summed E-state index contributed by atoms with van der Waals surface area (Å²) in [6.45, 7) is 4.19. The molecule has 2 amide bonds. The fourth-order valence-electron chi connectivity index (χ4n) is 2.28. The summed E-state index contributed by atoms with van der Waals surface area (Å²) < 4.78 is 4.99. The molecule has 1 heterocycles. The van der Waals surface area contributed by atoms with Crippen molar-refractivity contribution in [1.82, 2.24) is 4.90 Å². The maximum Gasteiger partial charge on any atom is 0.416 e. The van der Waals surface area contributed by atoms with Crippen LogP contribution < -0.4 is 0 Å². The molecule has 1 aromatic carbocycles. The number of carbonyl (C=O) groups is 2. The summed E-state index contributed by atoms with van der Waals surface area (Å²) >= 11 is 10.3. The molecule has 21 heavy (non-hydrogen) atoms. The SMILES string of the molecule is CC(C)[C@H]1COC(=O)N1C(=O)C[C@@H](S)c1ccc(Cl)cc1. The highest BCUT2D eigenvalue weighted by Crippen LogP contribution is 2.28. The molecule has 114 valence electrons. The lowest BCUT2D eigenvalue weighted by Gasteiger charge is -2.23. The van der Waals surface area contributed by atoms with E-state index in [-0.39, 0.29) is 36.1 Å². The van der Waals surface area contributed by atoms with Gasteiger partial charge < -0.3 is 4.74 Å². The van der Waals surface area contributed by atoms with E-state index in [2.05, 4.69) is 12.6 Å². The molecule has 0 aliphatic carbocycles. The Morgan fingerprint density at radius 1 is 1.43 bits per heavy atom. The first kappa shape index (κ1) is 16.2. The van der Waals surface area contributed by atoms with Crippen LogP contribution in [0.15, 0.2) is 24.3 Å². The lowest BCUT2D eigenvalue weighted by Crippen LogP contribution is -2.42. The number of cyclic esters (lactones) is 1. The minimum atomic E-state index is -0.560. The predicted octanol–water partition coefficient (Wildman–Crippen LogP) is 3.70. The van der Waals surface area contributed by atoms with E-state index in [1.54, 1.807) is 12.1 Å². The highest BCUT2D eigenvalue weighted by Gasteiger charge is 2.39. The summed E-state index contributed by atoms with van der Waals surface area (Å²) in [6, 6.07) is 6.97. The van der Waals surface area contributed by atoms with Gasteiger partial charge >= 0.3 is 6.09 Å². The number of amides is 2. The zero-order valence-electron chi connectivity index (χ0n) is 12.0. The van der Waals surface area contributed by atoms with Crippen molar-refractivity contribution in [2.45, 2.75) is 31.6 Å². The Balaban J connectivity index is 2.06. The first-order chi connectivity index (χ1) is 9.90. The summed E-state index contributed by atoms with van der Waals surface area (Å²) in [4.78, 5) is 25.3. The average molecular weight is 328 g/mol. The van der Waals surface area contributed by atoms with Gasteiger partial charge in [-0.05, 0) is 23.6 Å². The molecule has 1 fully saturated rings. The Bertz CT molecular complexity index is 532. The molecule has 0 radical (unpaired) electrons. The third-order valence-corrected chi connectivity index (χ3v) is 4.30. The van der Waals surface area contributed by atoms with Crippen molar-refractivity contribution < 1.29 is 14.3 Å². The molecule has 2 atom stereocenters. The predicted molar refractivity (Wildman–Crippen MR) is 84.6 cm³/mol. The van der Waals surface area contributed by atoms with Crippen molar-refractivity contribution in [3.05, 3.63) is 34.9 Å². The molecule has 1 saturated heterocycles. The van der Waals surface area contributed by atoms with Gasteiger partial charge in [-0.3, -0.25) is 4.79 Å². The minimum absolute atomic E-state index is 0.142. The number of carbonyl (C=O) groups excluding carboxylic acids is 2. The van der Waals surface area contributed by atoms with E-state index in [0.29, 0.717) is 5.02 Å². The van der Waals surface area contributed by atoms with Crippen LogP contribution in [0.25, 0.3) is 0 Å². The standard InChI is InChI=1S/C15H18ClNO3S/c1-9(2)12-8-20-15(19)17(12)14(18)7-13(21)10-3-5-11(16)6-4-10/h3-6,9,12-13,21H,7-8H2,1-2H3/t12-,13-/m1/s1. The number of rotatable bonds is 4. The van der Waals surface area contributed by atoms with Crippen LogP contribution in [0, 0.1) is 5.92 Å². The molecule has 0 spiro atoms. The summed E-state index contributed by atoms with van der Waals surface area (Å²) in [7, 11) is 0. The summed E-state index contributed by atoms with van der Waals surface area (Å²) in [5.41, 5.74) is 0.893. The Hall–Kier alpha value is -1.20. The fraction of sp³-hybridized carbons (Fsp3) is 0.467. The highest BCUT2D eigenvalue weighted by molar-refractivity contribution is 7.80. The number of hydrogen-bond donors (Lipinski definition) is 1. The van der Waals surface area contributed by atoms with E-state index < -0.39 is 6.09 Å². The van der Waals surface area contributed by atoms with Gasteiger partial charge in [-0.2, -0.15) is 12.6 Å². The zero-order chi connectivity index (χ0) is 15.6. The minimum Gasteiger partial charge on any atom is -0.447 e. The van der Waals surface area contributed by atoms with Gasteiger partial charge in [0.2, 0.25) is 5.91 Å². The summed E-state index contributed by atoms with van der Waals surface area (Å²) in [5, 5.41) is 0.351. The van der Waals surface area contributed by atoms with E-state index >= 15 is 0 Å². The van der Waals surface area contributed by atoms with Crippen LogP contribution in [0.4, 0.5) is 4.79 Å². The lowest BCUT2D eigenvalue weighted by molar-refractivity contribution is -0.129. The normalized spacial score (nSPS) is 19.8. The van der Waals surface area contributed by atoms with E-state index in [1.165, 1.54) is 4.90 Å². The molecule has 0 saturated carbocycles. The van der Waals surface area contributed by atoms with Crippen molar-refractivity contribution in [2.75, 3.05) is 6.61 Å². The van der Waals surface area contributed by atoms with E-state index in [4.69, 9.17) is 16.3 Å². The second kappa shape index (κ2) is 6.71. The molecule has 6 heteroatoms. The van der Waals surface area contributed by atoms with Gasteiger partial charge in [-0.1, -0.05) is 37.6 Å². The molecule has 1 aromatic rings. The quantitative estimate of drug-likeness (QED) is 0.858. The second-order valence-electron chi connectivity index (χ2n) is 5.42. The summed E-state index contributed by atoms with van der Waals surface area (Å²) in [6.07, 6.45) is -0.418. The maximum absolute atomic E-state index is 12.4. The Labute approximate surface area is 134 Å². The van der Waals surface area contributed by atoms with Crippen molar-refractivity contribution in [3.8, 4) is 0 Å². The van der Waals surface area contributed by atoms with Gasteiger partial charge in [0.25, 0.3) is 0 Å². The monoisotopic (exact) mass is 327 g/mol. The Morgan fingerprint density at radius 3 is 2.62 bits per heavy atom. The van der Waals surface area contributed by atoms with Crippen LogP contribution in [-0.4, -0.2) is 29.5 Å². The van der Waals surface area contributed by atoms with E-state index in [0.717, 1.165) is 5.56 Å². The molecule has 0 aromatic heterocycles. The molecular formula is C15H18ClNO3S. The molecule has 0 N–H and O–H groups in total. The Morgan fingerprint density at radius 2 is 2.05 bits per heavy atom. The largest absolute Gasteiger partial charge is 0.447 e. The lowest BCUT2D eigenvalue weighted by atomic mass is 10.0. The van der Waals surface area contributed by atoms with Crippen LogP contribution in [0.1, 0.15) is 31.1 Å². The maximum atomic E-state index is 12.4. The van der Waals surface area contributed by atoms with Crippen molar-refractivity contribution in [3.63, 3.8) is 0 Å². The average Bonchev–Trinajstić information content (AvgIpc) is 2.81. The van der Waals surface area contributed by atoms with Gasteiger partial charge in [0.05, 0.1) is 6.04 Å². The van der Waals surface area contributed by atoms with Crippen LogP contribution in [-0.2, 0) is 9.53 Å². The molecule has 1 aliphatic rings. The Kier molecular flexibility index (Phi) is 5.17. The number of imide groups is 1. The number of halogens is 1. The van der Waals surface area contributed by atoms with Crippen LogP contribution >= 0.6 is 24.2 Å². The van der Waals surface area contributed by atoms with Gasteiger partial charge in [0, 0.05) is 16.7 Å². The second-order valence-corrected chi connectivity index (χ2v) is 6.48. The van der Waals surface area contributed by atoms with Crippen LogP contribution in [0.5, 0.6) is 0 Å². The van der Waals surface area contributed by atoms with Gasteiger partial charge in [0.1, 0.15) is 6.61 Å². The van der Waals surface area contributed by atoms with E-state index in [1.807, 2.05) is 26.0 Å². The zero-order valence-corrected chi connectivity index (χ0v) is 13.6. The molecule has 0 bridgehead atoms. The van der Waals surface area contributed by atoms with E-state index in [9.17, 15) is 9.59 Å². The van der Waals surface area contributed by atoms with Crippen LogP contribution in [0.3, 0.4) is 0 Å². The fourth-order valence-corrected chi connectivity index (χ4v) is 2.73. The number of benzene rings is 1. The molecule has 4 nitrogen and oxygen atoms in total. The molecular weight excluding hydrogens is 310 g/mol. The van der Waals surface area contributed by atoms with Crippen molar-refractivity contribution >= 4 is 36.2 Å². The number of nitrogens with zero attached hydrogens (tertiary/aromatic N) is 1. The summed E-state index contributed by atoms with van der Waals surface area (Å²) in [5.74, 6) is -0.0968. The molecule has 2 rings (SSSR count). The first-order valence-corrected chi connectivity index (χ1v) is 7.72. The smallest absolute Gasteiger partial charge is 0.416 e. The molecule has 0 unspecified atom stereocenters. The number of thiol groups is 1.